The molecule has 0 aliphatic rings. The van der Waals surface area contributed by atoms with Gasteiger partial charge < -0.3 is 5.32 Å². The number of hydrogen-bond donors (Lipinski definition) is 1. The second-order valence-electron chi connectivity index (χ2n) is 3.24. The van der Waals surface area contributed by atoms with Gasteiger partial charge in [0, 0.05) is 20.5 Å². The summed E-state index contributed by atoms with van der Waals surface area (Å²) in [4.78, 5) is 11.8. The molecule has 82 valence electrons. The fourth-order valence-corrected chi connectivity index (χ4v) is 2.31. The number of carbonyl (C=O) groups excluding carboxylic acids is 1. The van der Waals surface area contributed by atoms with Crippen molar-refractivity contribution in [1.29, 1.82) is 0 Å². The summed E-state index contributed by atoms with van der Waals surface area (Å²) in [6, 6.07) is 7.79. The van der Waals surface area contributed by atoms with Gasteiger partial charge in [0.15, 0.2) is 0 Å². The molecule has 1 aromatic rings. The zero-order chi connectivity index (χ0) is 11.3. The molecule has 0 heterocycles. The van der Waals surface area contributed by atoms with Crippen LogP contribution in [0.15, 0.2) is 24.3 Å². The monoisotopic (exact) mass is 381 g/mol. The van der Waals surface area contributed by atoms with Crippen LogP contribution in [0.4, 0.5) is 0 Å². The number of halogens is 2. The first kappa shape index (κ1) is 13.0. The van der Waals surface area contributed by atoms with Crippen LogP contribution in [0.5, 0.6) is 0 Å². The summed E-state index contributed by atoms with van der Waals surface area (Å²) >= 11 is 5.58. The Bertz CT molecular complexity index is 339. The van der Waals surface area contributed by atoms with E-state index in [0.717, 1.165) is 20.9 Å². The minimum atomic E-state index is -0.000170. The van der Waals surface area contributed by atoms with E-state index >= 15 is 0 Å². The summed E-state index contributed by atoms with van der Waals surface area (Å²) in [5, 5.41) is 3.76. The first-order valence-electron chi connectivity index (χ1n) is 4.79. The van der Waals surface area contributed by atoms with Crippen molar-refractivity contribution in [2.24, 2.45) is 0 Å². The highest BCUT2D eigenvalue weighted by Crippen LogP contribution is 2.08. The molecule has 0 saturated carbocycles. The third kappa shape index (κ3) is 4.10. The molecule has 4 heteroatoms. The molecule has 1 amide bonds. The number of alkyl halides is 1. The third-order valence-electron chi connectivity index (χ3n) is 2.10. The van der Waals surface area contributed by atoms with Crippen molar-refractivity contribution in [2.75, 3.05) is 5.33 Å². The van der Waals surface area contributed by atoms with Crippen molar-refractivity contribution in [3.05, 3.63) is 33.4 Å². The van der Waals surface area contributed by atoms with Crippen molar-refractivity contribution < 1.29 is 4.79 Å². The number of rotatable bonds is 4. The summed E-state index contributed by atoms with van der Waals surface area (Å²) in [6.45, 7) is 2.06. The molecule has 0 aliphatic carbocycles. The molecule has 1 unspecified atom stereocenters. The van der Waals surface area contributed by atoms with Gasteiger partial charge in [0.1, 0.15) is 0 Å². The smallest absolute Gasteiger partial charge is 0.251 e. The number of amides is 1. The second-order valence-corrected chi connectivity index (χ2v) is 5.14. The van der Waals surface area contributed by atoms with E-state index in [1.807, 2.05) is 24.3 Å². The van der Waals surface area contributed by atoms with Gasteiger partial charge in [-0.2, -0.15) is 0 Å². The average Bonchev–Trinajstić information content (AvgIpc) is 2.25. The van der Waals surface area contributed by atoms with Gasteiger partial charge in [-0.15, -0.1) is 0 Å². The van der Waals surface area contributed by atoms with Crippen molar-refractivity contribution >= 4 is 44.4 Å². The molecule has 0 aromatic heterocycles. The quantitative estimate of drug-likeness (QED) is 0.629. The van der Waals surface area contributed by atoms with Gasteiger partial charge in [-0.25, -0.2) is 0 Å². The predicted molar refractivity (Wildman–Crippen MR) is 74.5 cm³/mol. The normalized spacial score (nSPS) is 12.2. The van der Waals surface area contributed by atoms with Crippen LogP contribution in [0, 0.1) is 3.57 Å². The van der Waals surface area contributed by atoms with Crippen molar-refractivity contribution in [2.45, 2.75) is 19.4 Å². The lowest BCUT2D eigenvalue weighted by molar-refractivity contribution is 0.0940. The van der Waals surface area contributed by atoms with E-state index in [-0.39, 0.29) is 11.9 Å². The minimum Gasteiger partial charge on any atom is -0.348 e. The van der Waals surface area contributed by atoms with Gasteiger partial charge in [0.05, 0.1) is 0 Å². The van der Waals surface area contributed by atoms with Gasteiger partial charge in [-0.1, -0.05) is 28.9 Å². The minimum absolute atomic E-state index is 0.000170. The summed E-state index contributed by atoms with van der Waals surface area (Å²) in [6.07, 6.45) is 0.931. The fraction of sp³-hybridized carbons (Fsp3) is 0.364. The molecule has 0 radical (unpaired) electrons. The first-order chi connectivity index (χ1) is 7.17. The van der Waals surface area contributed by atoms with Crippen LogP contribution < -0.4 is 5.32 Å². The lowest BCUT2D eigenvalue weighted by Crippen LogP contribution is -2.35. The molecule has 1 aromatic carbocycles. The van der Waals surface area contributed by atoms with E-state index in [1.54, 1.807) is 0 Å². The molecule has 0 aliphatic heterocycles. The summed E-state index contributed by atoms with van der Waals surface area (Å²) in [5.74, 6) is -0.000170. The number of carbonyl (C=O) groups is 1. The largest absolute Gasteiger partial charge is 0.348 e. The number of benzene rings is 1. The predicted octanol–water partition coefficient (Wildman–Crippen LogP) is 3.19. The van der Waals surface area contributed by atoms with Crippen molar-refractivity contribution in [3.8, 4) is 0 Å². The summed E-state index contributed by atoms with van der Waals surface area (Å²) in [5.41, 5.74) is 0.723. The van der Waals surface area contributed by atoms with Gasteiger partial charge in [0.25, 0.3) is 5.91 Å². The maximum atomic E-state index is 11.8. The van der Waals surface area contributed by atoms with E-state index < -0.39 is 0 Å². The second kappa shape index (κ2) is 6.48. The summed E-state index contributed by atoms with van der Waals surface area (Å²) in [7, 11) is 0. The highest BCUT2D eigenvalue weighted by Gasteiger charge is 2.10. The van der Waals surface area contributed by atoms with Crippen LogP contribution in [-0.2, 0) is 0 Å². The molecular formula is C11H13BrINO. The number of nitrogens with one attached hydrogen (secondary N) is 1. The molecule has 0 bridgehead atoms. The Labute approximate surface area is 112 Å². The van der Waals surface area contributed by atoms with Crippen LogP contribution in [0.1, 0.15) is 23.7 Å². The molecule has 0 saturated heterocycles. The Balaban J connectivity index is 2.68. The lowest BCUT2D eigenvalue weighted by atomic mass is 10.2. The van der Waals surface area contributed by atoms with Crippen LogP contribution in [-0.4, -0.2) is 17.3 Å². The van der Waals surface area contributed by atoms with Crippen molar-refractivity contribution in [3.63, 3.8) is 0 Å². The molecule has 0 spiro atoms. The molecule has 2 nitrogen and oxygen atoms in total. The topological polar surface area (TPSA) is 29.1 Å². The molecule has 15 heavy (non-hydrogen) atoms. The highest BCUT2D eigenvalue weighted by atomic mass is 127. The highest BCUT2D eigenvalue weighted by molar-refractivity contribution is 14.1. The Morgan fingerprint density at radius 3 is 2.87 bits per heavy atom. The average molecular weight is 382 g/mol. The molecule has 1 N–H and O–H groups in total. The van der Waals surface area contributed by atoms with E-state index in [1.165, 1.54) is 0 Å². The fourth-order valence-electron chi connectivity index (χ4n) is 1.15. The van der Waals surface area contributed by atoms with Gasteiger partial charge in [-0.05, 0) is 47.2 Å². The molecule has 1 atom stereocenters. The van der Waals surface area contributed by atoms with E-state index in [2.05, 4.69) is 50.8 Å². The maximum absolute atomic E-state index is 11.8. The van der Waals surface area contributed by atoms with Crippen LogP contribution in [0.25, 0.3) is 0 Å². The first-order valence-corrected chi connectivity index (χ1v) is 6.99. The Morgan fingerprint density at radius 2 is 2.33 bits per heavy atom. The molecule has 0 fully saturated rings. The van der Waals surface area contributed by atoms with Gasteiger partial charge in [-0.3, -0.25) is 4.79 Å². The summed E-state index contributed by atoms with van der Waals surface area (Å²) < 4.78 is 1.08. The molecular weight excluding hydrogens is 369 g/mol. The standard InChI is InChI=1S/C11H13BrINO/c1-2-10(7-12)14-11(15)8-4-3-5-9(13)6-8/h3-6,10H,2,7H2,1H3,(H,14,15). The Hall–Kier alpha value is -0.100. The van der Waals surface area contributed by atoms with Crippen LogP contribution >= 0.6 is 38.5 Å². The Kier molecular flexibility index (Phi) is 5.60. The lowest BCUT2D eigenvalue weighted by Gasteiger charge is -2.13. The van der Waals surface area contributed by atoms with Crippen LogP contribution in [0.2, 0.25) is 0 Å². The Morgan fingerprint density at radius 1 is 1.60 bits per heavy atom. The molecule has 1 rings (SSSR count). The number of hydrogen-bond acceptors (Lipinski definition) is 1. The van der Waals surface area contributed by atoms with Crippen molar-refractivity contribution in [1.82, 2.24) is 5.32 Å². The van der Waals surface area contributed by atoms with E-state index in [4.69, 9.17) is 0 Å². The van der Waals surface area contributed by atoms with E-state index in [0.29, 0.717) is 0 Å². The van der Waals surface area contributed by atoms with E-state index in [9.17, 15) is 4.79 Å². The zero-order valence-electron chi connectivity index (χ0n) is 8.47. The van der Waals surface area contributed by atoms with Gasteiger partial charge in [0.2, 0.25) is 0 Å². The maximum Gasteiger partial charge on any atom is 0.251 e. The third-order valence-corrected chi connectivity index (χ3v) is 3.55. The zero-order valence-corrected chi connectivity index (χ0v) is 12.2. The van der Waals surface area contributed by atoms with Crippen LogP contribution in [0.3, 0.4) is 0 Å². The SMILES string of the molecule is CCC(CBr)NC(=O)c1cccc(I)c1. The van der Waals surface area contributed by atoms with Gasteiger partial charge >= 0.3 is 0 Å².